The molecular formula is C14H19FO2. The number of carboxylic acids is 1. The lowest BCUT2D eigenvalue weighted by Gasteiger charge is -2.26. The van der Waals surface area contributed by atoms with E-state index in [4.69, 9.17) is 0 Å². The van der Waals surface area contributed by atoms with Gasteiger partial charge in [-0.25, -0.2) is 4.39 Å². The smallest absolute Gasteiger partial charge is 0.309 e. The van der Waals surface area contributed by atoms with E-state index in [2.05, 4.69) is 0 Å². The minimum absolute atomic E-state index is 0.296. The van der Waals surface area contributed by atoms with E-state index in [1.54, 1.807) is 19.1 Å². The SMILES string of the molecule is CC(C)CC(C)(Cc1cccc(F)c1)C(=O)O. The molecule has 0 heterocycles. The van der Waals surface area contributed by atoms with Gasteiger partial charge < -0.3 is 5.11 Å². The molecule has 17 heavy (non-hydrogen) atoms. The van der Waals surface area contributed by atoms with Crippen molar-refractivity contribution < 1.29 is 14.3 Å². The first kappa shape index (κ1) is 13.7. The molecular weight excluding hydrogens is 219 g/mol. The van der Waals surface area contributed by atoms with Crippen molar-refractivity contribution >= 4 is 5.97 Å². The summed E-state index contributed by atoms with van der Waals surface area (Å²) in [5.74, 6) is -0.847. The van der Waals surface area contributed by atoms with Crippen LogP contribution in [0.25, 0.3) is 0 Å². The van der Waals surface area contributed by atoms with E-state index in [9.17, 15) is 14.3 Å². The zero-order valence-electron chi connectivity index (χ0n) is 10.5. The summed E-state index contributed by atoms with van der Waals surface area (Å²) in [7, 11) is 0. The molecule has 0 amide bonds. The summed E-state index contributed by atoms with van der Waals surface area (Å²) in [6.45, 7) is 5.71. The molecule has 0 spiro atoms. The highest BCUT2D eigenvalue weighted by atomic mass is 19.1. The number of hydrogen-bond donors (Lipinski definition) is 1. The van der Waals surface area contributed by atoms with Gasteiger partial charge in [-0.2, -0.15) is 0 Å². The summed E-state index contributed by atoms with van der Waals surface area (Å²) in [6, 6.07) is 6.15. The van der Waals surface area contributed by atoms with Crippen molar-refractivity contribution in [3.05, 3.63) is 35.6 Å². The van der Waals surface area contributed by atoms with Crippen molar-refractivity contribution in [2.24, 2.45) is 11.3 Å². The van der Waals surface area contributed by atoms with Gasteiger partial charge in [0.25, 0.3) is 0 Å². The molecule has 0 aliphatic carbocycles. The van der Waals surface area contributed by atoms with Gasteiger partial charge in [0.15, 0.2) is 0 Å². The molecule has 0 aromatic heterocycles. The van der Waals surface area contributed by atoms with Gasteiger partial charge >= 0.3 is 5.97 Å². The molecule has 1 aromatic carbocycles. The topological polar surface area (TPSA) is 37.3 Å². The predicted molar refractivity (Wildman–Crippen MR) is 65.3 cm³/mol. The lowest BCUT2D eigenvalue weighted by atomic mass is 9.77. The Morgan fingerprint density at radius 1 is 1.47 bits per heavy atom. The zero-order valence-corrected chi connectivity index (χ0v) is 10.5. The summed E-state index contributed by atoms with van der Waals surface area (Å²) < 4.78 is 13.1. The Labute approximate surface area is 101 Å². The number of carbonyl (C=O) groups is 1. The van der Waals surface area contributed by atoms with Gasteiger partial charge in [-0.15, -0.1) is 0 Å². The monoisotopic (exact) mass is 238 g/mol. The number of carboxylic acid groups (broad SMARTS) is 1. The molecule has 1 atom stereocenters. The average Bonchev–Trinajstić information content (AvgIpc) is 2.15. The number of hydrogen-bond acceptors (Lipinski definition) is 1. The third-order valence-corrected chi connectivity index (χ3v) is 2.86. The molecule has 0 aliphatic rings. The Kier molecular flexibility index (Phi) is 4.27. The van der Waals surface area contributed by atoms with Crippen LogP contribution in [0.15, 0.2) is 24.3 Å². The average molecular weight is 238 g/mol. The molecule has 1 unspecified atom stereocenters. The third-order valence-electron chi connectivity index (χ3n) is 2.86. The van der Waals surface area contributed by atoms with E-state index in [-0.39, 0.29) is 5.82 Å². The van der Waals surface area contributed by atoms with Crippen LogP contribution in [-0.4, -0.2) is 11.1 Å². The van der Waals surface area contributed by atoms with E-state index in [0.29, 0.717) is 18.8 Å². The van der Waals surface area contributed by atoms with Crippen molar-refractivity contribution in [2.45, 2.75) is 33.6 Å². The Balaban J connectivity index is 2.90. The van der Waals surface area contributed by atoms with Crippen LogP contribution in [0.2, 0.25) is 0 Å². The molecule has 0 radical (unpaired) electrons. The first-order chi connectivity index (χ1) is 7.83. The Hall–Kier alpha value is -1.38. The molecule has 1 rings (SSSR count). The first-order valence-electron chi connectivity index (χ1n) is 5.81. The Bertz CT molecular complexity index is 401. The molecule has 94 valence electrons. The van der Waals surface area contributed by atoms with E-state index < -0.39 is 11.4 Å². The van der Waals surface area contributed by atoms with Crippen molar-refractivity contribution in [1.29, 1.82) is 0 Å². The van der Waals surface area contributed by atoms with E-state index >= 15 is 0 Å². The van der Waals surface area contributed by atoms with Crippen LogP contribution in [-0.2, 0) is 11.2 Å². The number of rotatable bonds is 5. The van der Waals surface area contributed by atoms with Gasteiger partial charge in [0.1, 0.15) is 5.82 Å². The maximum absolute atomic E-state index is 13.1. The molecule has 1 aromatic rings. The molecule has 0 saturated heterocycles. The minimum Gasteiger partial charge on any atom is -0.481 e. The Morgan fingerprint density at radius 3 is 2.59 bits per heavy atom. The molecule has 0 bridgehead atoms. The molecule has 3 heteroatoms. The molecule has 0 saturated carbocycles. The van der Waals surface area contributed by atoms with Gasteiger partial charge in [0, 0.05) is 0 Å². The van der Waals surface area contributed by atoms with Gasteiger partial charge in [-0.05, 0) is 43.4 Å². The maximum atomic E-state index is 13.1. The predicted octanol–water partition coefficient (Wildman–Crippen LogP) is 3.51. The summed E-state index contributed by atoms with van der Waals surface area (Å²) in [5.41, 5.74) is -0.0994. The van der Waals surface area contributed by atoms with Gasteiger partial charge in [-0.1, -0.05) is 26.0 Å². The van der Waals surface area contributed by atoms with Crippen LogP contribution >= 0.6 is 0 Å². The van der Waals surface area contributed by atoms with Gasteiger partial charge in [-0.3, -0.25) is 4.79 Å². The fourth-order valence-corrected chi connectivity index (χ4v) is 2.23. The van der Waals surface area contributed by atoms with Gasteiger partial charge in [0.05, 0.1) is 5.41 Å². The van der Waals surface area contributed by atoms with Crippen LogP contribution < -0.4 is 0 Å². The second-order valence-corrected chi connectivity index (χ2v) is 5.27. The van der Waals surface area contributed by atoms with E-state index in [1.807, 2.05) is 13.8 Å². The normalized spacial score (nSPS) is 14.6. The lowest BCUT2D eigenvalue weighted by Crippen LogP contribution is -2.31. The number of halogens is 1. The standard InChI is InChI=1S/C14H19FO2/c1-10(2)8-14(3,13(16)17)9-11-5-4-6-12(15)7-11/h4-7,10H,8-9H2,1-3H3,(H,16,17). The zero-order chi connectivity index (χ0) is 13.1. The highest BCUT2D eigenvalue weighted by Gasteiger charge is 2.33. The lowest BCUT2D eigenvalue weighted by molar-refractivity contribution is -0.148. The van der Waals surface area contributed by atoms with Crippen molar-refractivity contribution in [3.8, 4) is 0 Å². The highest BCUT2D eigenvalue weighted by molar-refractivity contribution is 5.74. The van der Waals surface area contributed by atoms with Crippen LogP contribution in [0.5, 0.6) is 0 Å². The summed E-state index contributed by atoms with van der Waals surface area (Å²) in [6.07, 6.45) is 0.942. The van der Waals surface area contributed by atoms with Crippen LogP contribution in [0.1, 0.15) is 32.8 Å². The molecule has 0 aliphatic heterocycles. The van der Waals surface area contributed by atoms with Crippen molar-refractivity contribution in [2.75, 3.05) is 0 Å². The minimum atomic E-state index is -0.831. The fraction of sp³-hybridized carbons (Fsp3) is 0.500. The molecule has 1 N–H and O–H groups in total. The number of benzene rings is 1. The molecule has 0 fully saturated rings. The fourth-order valence-electron chi connectivity index (χ4n) is 2.23. The second-order valence-electron chi connectivity index (χ2n) is 5.27. The summed E-state index contributed by atoms with van der Waals surface area (Å²) in [4.78, 5) is 11.4. The quantitative estimate of drug-likeness (QED) is 0.852. The van der Waals surface area contributed by atoms with Crippen molar-refractivity contribution in [1.82, 2.24) is 0 Å². The largest absolute Gasteiger partial charge is 0.481 e. The summed E-state index contributed by atoms with van der Waals surface area (Å²) >= 11 is 0. The van der Waals surface area contributed by atoms with Crippen LogP contribution in [0, 0.1) is 17.2 Å². The van der Waals surface area contributed by atoms with Gasteiger partial charge in [0.2, 0.25) is 0 Å². The van der Waals surface area contributed by atoms with E-state index in [1.165, 1.54) is 12.1 Å². The second kappa shape index (κ2) is 5.30. The third kappa shape index (κ3) is 3.84. The highest BCUT2D eigenvalue weighted by Crippen LogP contribution is 2.30. The van der Waals surface area contributed by atoms with Crippen LogP contribution in [0.3, 0.4) is 0 Å². The van der Waals surface area contributed by atoms with E-state index in [0.717, 1.165) is 5.56 Å². The molecule has 2 nitrogen and oxygen atoms in total. The van der Waals surface area contributed by atoms with Crippen LogP contribution in [0.4, 0.5) is 4.39 Å². The summed E-state index contributed by atoms with van der Waals surface area (Å²) in [5, 5.41) is 9.32. The Morgan fingerprint density at radius 2 is 2.12 bits per heavy atom. The first-order valence-corrected chi connectivity index (χ1v) is 5.81. The number of aliphatic carboxylic acids is 1. The van der Waals surface area contributed by atoms with Crippen molar-refractivity contribution in [3.63, 3.8) is 0 Å². The maximum Gasteiger partial charge on any atom is 0.309 e.